The summed E-state index contributed by atoms with van der Waals surface area (Å²) >= 11 is 6.22. The van der Waals surface area contributed by atoms with Gasteiger partial charge in [-0.2, -0.15) is 4.39 Å². The molecule has 3 aliphatic heterocycles. The maximum absolute atomic E-state index is 15.1. The number of hydrogen-bond donors (Lipinski definition) is 3. The van der Waals surface area contributed by atoms with Gasteiger partial charge >= 0.3 is 0 Å². The number of nitrogens with zero attached hydrogens (tertiary/aromatic N) is 1. The predicted molar refractivity (Wildman–Crippen MR) is 141 cm³/mol. The Hall–Kier alpha value is -3.06. The van der Waals surface area contributed by atoms with Gasteiger partial charge in [0.15, 0.2) is 0 Å². The third kappa shape index (κ3) is 5.32. The first-order valence-corrected chi connectivity index (χ1v) is 15.2. The number of sulfone groups is 1. The number of aromatic amines is 1. The minimum absolute atomic E-state index is 0.0126. The third-order valence-corrected chi connectivity index (χ3v) is 9.15. The lowest BCUT2D eigenvalue weighted by molar-refractivity contribution is -0.179. The van der Waals surface area contributed by atoms with Gasteiger partial charge in [-0.1, -0.05) is 23.7 Å². The first-order chi connectivity index (χ1) is 18.8. The summed E-state index contributed by atoms with van der Waals surface area (Å²) in [5.41, 5.74) is 0.552. The number of amides is 3. The summed E-state index contributed by atoms with van der Waals surface area (Å²) in [7, 11) is -4.27. The van der Waals surface area contributed by atoms with E-state index in [4.69, 9.17) is 11.6 Å². The Morgan fingerprint density at radius 1 is 1.27 bits per heavy atom. The van der Waals surface area contributed by atoms with E-state index in [0.717, 1.165) is 4.90 Å². The van der Waals surface area contributed by atoms with E-state index in [1.165, 1.54) is 6.07 Å². The van der Waals surface area contributed by atoms with Crippen molar-refractivity contribution >= 4 is 50.1 Å². The summed E-state index contributed by atoms with van der Waals surface area (Å²) in [4.78, 5) is 43.6. The van der Waals surface area contributed by atoms with Gasteiger partial charge in [0.25, 0.3) is 11.8 Å². The van der Waals surface area contributed by atoms with Crippen LogP contribution in [0.15, 0.2) is 35.5 Å². The Kier molecular flexibility index (Phi) is 7.40. The zero-order valence-corrected chi connectivity index (χ0v) is 23.0. The van der Waals surface area contributed by atoms with E-state index < -0.39 is 69.1 Å². The van der Waals surface area contributed by atoms with E-state index in [1.807, 2.05) is 0 Å². The van der Waals surface area contributed by atoms with Crippen LogP contribution in [-0.2, 0) is 19.4 Å². The number of hydrogen-bond acceptors (Lipinski definition) is 5. The topological polar surface area (TPSA) is 128 Å². The maximum atomic E-state index is 15.1. The Bertz CT molecular complexity index is 1510. The lowest BCUT2D eigenvalue weighted by atomic mass is 9.71. The van der Waals surface area contributed by atoms with Gasteiger partial charge in [0.2, 0.25) is 26.8 Å². The van der Waals surface area contributed by atoms with Crippen LogP contribution in [0, 0.1) is 11.8 Å². The SMILES string of the molecule is CS(=O)(=O)/C(F)=C\[C@H](C[C@@H]1CCNC1=O)NC(=O)[C@H]1[C@@H]2CC[C@@H](CC2(F)F)N1C(=O)c1cc2cccc(Cl)c2[nH]1. The van der Waals surface area contributed by atoms with Gasteiger partial charge in [-0.3, -0.25) is 14.4 Å². The van der Waals surface area contributed by atoms with Crippen molar-refractivity contribution in [2.45, 2.75) is 56.2 Å². The molecule has 5 atom stereocenters. The number of rotatable bonds is 7. The Balaban J connectivity index is 1.48. The minimum Gasteiger partial charge on any atom is -0.356 e. The van der Waals surface area contributed by atoms with Crippen LogP contribution >= 0.6 is 11.6 Å². The van der Waals surface area contributed by atoms with Crippen molar-refractivity contribution in [1.29, 1.82) is 0 Å². The molecule has 0 radical (unpaired) electrons. The van der Waals surface area contributed by atoms with E-state index in [-0.39, 0.29) is 30.9 Å². The van der Waals surface area contributed by atoms with E-state index in [1.54, 1.807) is 18.2 Å². The summed E-state index contributed by atoms with van der Waals surface area (Å²) in [5, 5.41) is 4.55. The lowest BCUT2D eigenvalue weighted by Gasteiger charge is -2.53. The molecule has 9 nitrogen and oxygen atoms in total. The summed E-state index contributed by atoms with van der Waals surface area (Å²) in [6, 6.07) is 2.74. The summed E-state index contributed by atoms with van der Waals surface area (Å²) in [5.74, 6) is -7.37. The van der Waals surface area contributed by atoms with Gasteiger partial charge in [0.05, 0.1) is 22.5 Å². The third-order valence-electron chi connectivity index (χ3n) is 7.99. The molecule has 1 saturated carbocycles. The monoisotopic (exact) mass is 600 g/mol. The second-order valence-corrected chi connectivity index (χ2v) is 13.1. The number of nitrogens with one attached hydrogen (secondary N) is 3. The summed E-state index contributed by atoms with van der Waals surface area (Å²) in [6.45, 7) is 0.359. The van der Waals surface area contributed by atoms with Gasteiger partial charge in [-0.15, -0.1) is 0 Å². The molecule has 4 heterocycles. The lowest BCUT2D eigenvalue weighted by Crippen LogP contribution is -2.68. The predicted octanol–water partition coefficient (Wildman–Crippen LogP) is 3.32. The second-order valence-electron chi connectivity index (χ2n) is 10.7. The maximum Gasteiger partial charge on any atom is 0.271 e. The van der Waals surface area contributed by atoms with Gasteiger partial charge in [0.1, 0.15) is 11.7 Å². The molecule has 40 heavy (non-hydrogen) atoms. The van der Waals surface area contributed by atoms with Crippen molar-refractivity contribution in [2.24, 2.45) is 11.8 Å². The molecular weight excluding hydrogens is 573 g/mol. The molecule has 216 valence electrons. The fourth-order valence-corrected chi connectivity index (χ4v) is 6.71. The largest absolute Gasteiger partial charge is 0.356 e. The number of carbonyl (C=O) groups excluding carboxylic acids is 3. The quantitative estimate of drug-likeness (QED) is 0.449. The zero-order chi connectivity index (χ0) is 29.0. The molecule has 4 aliphatic rings. The molecule has 0 spiro atoms. The number of carbonyl (C=O) groups is 3. The number of fused-ring (bicyclic) bond motifs is 4. The van der Waals surface area contributed by atoms with Gasteiger partial charge in [-0.25, -0.2) is 17.2 Å². The molecule has 2 bridgehead atoms. The van der Waals surface area contributed by atoms with Crippen LogP contribution in [-0.4, -0.2) is 72.9 Å². The van der Waals surface area contributed by atoms with Crippen LogP contribution in [0.2, 0.25) is 5.02 Å². The van der Waals surface area contributed by atoms with Crippen molar-refractivity contribution < 1.29 is 36.0 Å². The first kappa shape index (κ1) is 28.5. The van der Waals surface area contributed by atoms with Gasteiger partial charge in [0, 0.05) is 36.6 Å². The Labute approximate surface area is 233 Å². The van der Waals surface area contributed by atoms with Crippen LogP contribution in [0.3, 0.4) is 0 Å². The fraction of sp³-hybridized carbons (Fsp3) is 0.500. The summed E-state index contributed by atoms with van der Waals surface area (Å²) in [6.07, 6.45) is 1.19. The number of halogens is 4. The van der Waals surface area contributed by atoms with Crippen molar-refractivity contribution in [2.75, 3.05) is 12.8 Å². The van der Waals surface area contributed by atoms with E-state index in [2.05, 4.69) is 15.6 Å². The van der Waals surface area contributed by atoms with E-state index in [0.29, 0.717) is 41.2 Å². The average Bonchev–Trinajstić information content (AvgIpc) is 3.49. The Morgan fingerprint density at radius 3 is 2.65 bits per heavy atom. The van der Waals surface area contributed by atoms with Crippen molar-refractivity contribution in [3.05, 3.63) is 46.2 Å². The molecule has 2 aromatic rings. The zero-order valence-electron chi connectivity index (χ0n) is 21.4. The molecule has 3 amide bonds. The van der Waals surface area contributed by atoms with Crippen LogP contribution in [0.5, 0.6) is 0 Å². The van der Waals surface area contributed by atoms with Crippen LogP contribution < -0.4 is 10.6 Å². The highest BCUT2D eigenvalue weighted by atomic mass is 35.5. The number of alkyl halides is 2. The first-order valence-electron chi connectivity index (χ1n) is 12.9. The normalized spacial score (nSPS) is 27.1. The standard InChI is InChI=1S/C26H28ClF3N4O5S/c1-40(38,39)20(28)11-15(9-14-7-8-31-23(14)35)32-24(36)22-17-6-5-16(12-26(17,29)30)34(22)25(37)19-10-13-3-2-4-18(27)21(13)33-19/h2-4,10-11,14-17,22,33H,5-9,12H2,1H3,(H,31,35)(H,32,36)/b20-11-/t14-,15-,16-,17-,22+/m0/s1. The van der Waals surface area contributed by atoms with Gasteiger partial charge in [-0.05, 0) is 43.9 Å². The fourth-order valence-electron chi connectivity index (χ4n) is 6.07. The van der Waals surface area contributed by atoms with E-state index in [9.17, 15) is 27.2 Å². The molecular formula is C26H28ClF3N4O5S. The number of aromatic nitrogens is 1. The van der Waals surface area contributed by atoms with Gasteiger partial charge < -0.3 is 20.5 Å². The van der Waals surface area contributed by atoms with E-state index >= 15 is 8.78 Å². The number of benzene rings is 1. The van der Waals surface area contributed by atoms with Crippen LogP contribution in [0.25, 0.3) is 10.9 Å². The van der Waals surface area contributed by atoms with Crippen LogP contribution in [0.4, 0.5) is 13.2 Å². The number of para-hydroxylation sites is 1. The summed E-state index contributed by atoms with van der Waals surface area (Å²) < 4.78 is 68.2. The number of H-pyrrole nitrogens is 1. The van der Waals surface area contributed by atoms with Crippen LogP contribution in [0.1, 0.15) is 42.6 Å². The highest BCUT2D eigenvalue weighted by molar-refractivity contribution is 7.94. The Morgan fingerprint density at radius 2 is 2.02 bits per heavy atom. The molecule has 3 saturated heterocycles. The molecule has 3 N–H and O–H groups in total. The second kappa shape index (κ2) is 10.4. The molecule has 6 rings (SSSR count). The molecule has 1 aromatic carbocycles. The number of piperidine rings is 2. The smallest absolute Gasteiger partial charge is 0.271 e. The molecule has 1 aromatic heterocycles. The highest BCUT2D eigenvalue weighted by Gasteiger charge is 2.60. The molecule has 14 heteroatoms. The van der Waals surface area contributed by atoms with Crippen molar-refractivity contribution in [3.63, 3.8) is 0 Å². The van der Waals surface area contributed by atoms with Crippen molar-refractivity contribution in [1.82, 2.24) is 20.5 Å². The minimum atomic E-state index is -4.27. The molecule has 4 fully saturated rings. The molecule has 1 aliphatic carbocycles. The van der Waals surface area contributed by atoms with Crippen molar-refractivity contribution in [3.8, 4) is 0 Å². The molecule has 0 unspecified atom stereocenters. The highest BCUT2D eigenvalue weighted by Crippen LogP contribution is 2.49. The average molecular weight is 601 g/mol.